The van der Waals surface area contributed by atoms with Crippen molar-refractivity contribution < 1.29 is 19.4 Å². The zero-order valence-corrected chi connectivity index (χ0v) is 13.3. The summed E-state index contributed by atoms with van der Waals surface area (Å²) in [6.07, 6.45) is 1.54. The number of carboxylic acids is 1. The van der Waals surface area contributed by atoms with Gasteiger partial charge in [-0.25, -0.2) is 0 Å². The van der Waals surface area contributed by atoms with E-state index >= 15 is 0 Å². The van der Waals surface area contributed by atoms with Gasteiger partial charge in [0.1, 0.15) is 6.04 Å². The molecule has 0 saturated carbocycles. The predicted octanol–water partition coefficient (Wildman–Crippen LogP) is 2.54. The van der Waals surface area contributed by atoms with Gasteiger partial charge in [0.25, 0.3) is 0 Å². The average Bonchev–Trinajstić information content (AvgIpc) is 2.53. The van der Waals surface area contributed by atoms with Crippen LogP contribution < -0.4 is 0 Å². The summed E-state index contributed by atoms with van der Waals surface area (Å²) in [6, 6.07) is 7.11. The van der Waals surface area contributed by atoms with Crippen molar-refractivity contribution in [3.8, 4) is 0 Å². The zero-order chi connectivity index (χ0) is 16.1. The highest BCUT2D eigenvalue weighted by Crippen LogP contribution is 2.30. The van der Waals surface area contributed by atoms with Crippen molar-refractivity contribution in [3.05, 3.63) is 34.9 Å². The summed E-state index contributed by atoms with van der Waals surface area (Å²) in [5, 5.41) is 9.68. The molecule has 120 valence electrons. The lowest BCUT2D eigenvalue weighted by Gasteiger charge is -2.35. The number of carbonyl (C=O) groups is 2. The molecule has 1 heterocycles. The Morgan fingerprint density at radius 3 is 2.41 bits per heavy atom. The number of piperidine rings is 1. The summed E-state index contributed by atoms with van der Waals surface area (Å²) in [4.78, 5) is 24.6. The van der Waals surface area contributed by atoms with E-state index < -0.39 is 18.0 Å². The van der Waals surface area contributed by atoms with Gasteiger partial charge in [0, 0.05) is 5.02 Å². The van der Waals surface area contributed by atoms with E-state index in [1.54, 1.807) is 0 Å². The molecule has 5 nitrogen and oxygen atoms in total. The van der Waals surface area contributed by atoms with Gasteiger partial charge in [-0.3, -0.25) is 14.5 Å². The highest BCUT2D eigenvalue weighted by atomic mass is 35.5. The smallest absolute Gasteiger partial charge is 0.323 e. The number of benzene rings is 1. The van der Waals surface area contributed by atoms with E-state index in [0.29, 0.717) is 24.0 Å². The summed E-state index contributed by atoms with van der Waals surface area (Å²) in [7, 11) is 1.29. The Bertz CT molecular complexity index is 523. The van der Waals surface area contributed by atoms with Crippen molar-refractivity contribution >= 4 is 23.5 Å². The maximum absolute atomic E-state index is 11.8. The van der Waals surface area contributed by atoms with Crippen molar-refractivity contribution in [1.82, 2.24) is 4.90 Å². The molecule has 1 N–H and O–H groups in total. The third-order valence-electron chi connectivity index (χ3n) is 4.15. The first-order chi connectivity index (χ1) is 10.5. The minimum Gasteiger partial charge on any atom is -0.481 e. The third kappa shape index (κ3) is 4.21. The van der Waals surface area contributed by atoms with Gasteiger partial charge < -0.3 is 9.84 Å². The second-order valence-electron chi connectivity index (χ2n) is 5.50. The lowest BCUT2D eigenvalue weighted by atomic mass is 9.88. The third-order valence-corrected chi connectivity index (χ3v) is 4.40. The van der Waals surface area contributed by atoms with Gasteiger partial charge in [0.05, 0.1) is 13.5 Å². The van der Waals surface area contributed by atoms with Crippen LogP contribution in [-0.4, -0.2) is 48.2 Å². The molecule has 0 spiro atoms. The van der Waals surface area contributed by atoms with Gasteiger partial charge in [-0.05, 0) is 49.5 Å². The number of halogens is 1. The van der Waals surface area contributed by atoms with Crippen LogP contribution in [0.25, 0.3) is 0 Å². The number of carbonyl (C=O) groups excluding carboxylic acids is 1. The molecule has 0 bridgehead atoms. The number of ether oxygens (including phenoxy) is 1. The Hall–Kier alpha value is -1.59. The molecule has 0 radical (unpaired) electrons. The lowest BCUT2D eigenvalue weighted by molar-refractivity contribution is -0.152. The number of carboxylic acid groups (broad SMARTS) is 1. The maximum Gasteiger partial charge on any atom is 0.323 e. The SMILES string of the molecule is COC(=O)C(CC(=O)O)N1CCC(c2ccc(Cl)cc2)CC1. The van der Waals surface area contributed by atoms with E-state index in [4.69, 9.17) is 21.4 Å². The van der Waals surface area contributed by atoms with Gasteiger partial charge in [0.15, 0.2) is 0 Å². The molecule has 0 aromatic heterocycles. The first kappa shape index (κ1) is 16.8. The number of likely N-dealkylation sites (tertiary alicyclic amines) is 1. The molecule has 1 aliphatic heterocycles. The fraction of sp³-hybridized carbons (Fsp3) is 0.500. The molecule has 0 aliphatic carbocycles. The Labute approximate surface area is 134 Å². The summed E-state index contributed by atoms with van der Waals surface area (Å²) in [6.45, 7) is 1.36. The highest BCUT2D eigenvalue weighted by Gasteiger charge is 2.32. The fourth-order valence-electron chi connectivity index (χ4n) is 2.94. The number of rotatable bonds is 5. The summed E-state index contributed by atoms with van der Waals surface area (Å²) < 4.78 is 4.73. The number of nitrogens with zero attached hydrogens (tertiary/aromatic N) is 1. The maximum atomic E-state index is 11.8. The van der Waals surface area contributed by atoms with Crippen LogP contribution in [0.3, 0.4) is 0 Å². The van der Waals surface area contributed by atoms with E-state index in [1.807, 2.05) is 29.2 Å². The Kier molecular flexibility index (Phi) is 5.80. The van der Waals surface area contributed by atoms with E-state index in [9.17, 15) is 9.59 Å². The molecule has 6 heteroatoms. The van der Waals surface area contributed by atoms with Crippen molar-refractivity contribution in [1.29, 1.82) is 0 Å². The predicted molar refractivity (Wildman–Crippen MR) is 83.1 cm³/mol. The number of hydrogen-bond donors (Lipinski definition) is 1. The number of hydrogen-bond acceptors (Lipinski definition) is 4. The van der Waals surface area contributed by atoms with Crippen LogP contribution in [0.15, 0.2) is 24.3 Å². The molecule has 1 atom stereocenters. The van der Waals surface area contributed by atoms with Crippen LogP contribution in [-0.2, 0) is 14.3 Å². The minimum absolute atomic E-state index is 0.224. The summed E-state index contributed by atoms with van der Waals surface area (Å²) in [5.74, 6) is -1.06. The Morgan fingerprint density at radius 2 is 1.91 bits per heavy atom. The lowest BCUT2D eigenvalue weighted by Crippen LogP contribution is -2.46. The number of methoxy groups -OCH3 is 1. The Morgan fingerprint density at radius 1 is 1.32 bits per heavy atom. The fourth-order valence-corrected chi connectivity index (χ4v) is 3.07. The molecule has 0 amide bonds. The van der Waals surface area contributed by atoms with E-state index in [0.717, 1.165) is 12.8 Å². The van der Waals surface area contributed by atoms with Crippen LogP contribution in [0.1, 0.15) is 30.7 Å². The Balaban J connectivity index is 1.98. The van der Waals surface area contributed by atoms with Crippen LogP contribution in [0.5, 0.6) is 0 Å². The molecule has 22 heavy (non-hydrogen) atoms. The quantitative estimate of drug-likeness (QED) is 0.843. The second kappa shape index (κ2) is 7.61. The van der Waals surface area contributed by atoms with Crippen molar-refractivity contribution in [2.45, 2.75) is 31.2 Å². The second-order valence-corrected chi connectivity index (χ2v) is 5.94. The standard InChI is InChI=1S/C16H20ClNO4/c1-22-16(21)14(10-15(19)20)18-8-6-12(7-9-18)11-2-4-13(17)5-3-11/h2-5,12,14H,6-10H2,1H3,(H,19,20). The molecular weight excluding hydrogens is 306 g/mol. The van der Waals surface area contributed by atoms with Crippen LogP contribution in [0.4, 0.5) is 0 Å². The molecule has 1 fully saturated rings. The van der Waals surface area contributed by atoms with E-state index in [2.05, 4.69) is 0 Å². The molecule has 2 rings (SSSR count). The summed E-state index contributed by atoms with van der Waals surface area (Å²) in [5.41, 5.74) is 1.23. The van der Waals surface area contributed by atoms with Crippen LogP contribution in [0, 0.1) is 0 Å². The van der Waals surface area contributed by atoms with Gasteiger partial charge in [0.2, 0.25) is 0 Å². The molecule has 1 aromatic rings. The highest BCUT2D eigenvalue weighted by molar-refractivity contribution is 6.30. The summed E-state index contributed by atoms with van der Waals surface area (Å²) >= 11 is 5.90. The van der Waals surface area contributed by atoms with Gasteiger partial charge in [-0.15, -0.1) is 0 Å². The van der Waals surface area contributed by atoms with Gasteiger partial charge in [-0.2, -0.15) is 0 Å². The molecule has 1 unspecified atom stereocenters. The van der Waals surface area contributed by atoms with Crippen molar-refractivity contribution in [2.24, 2.45) is 0 Å². The van der Waals surface area contributed by atoms with E-state index in [-0.39, 0.29) is 6.42 Å². The van der Waals surface area contributed by atoms with Gasteiger partial charge in [-0.1, -0.05) is 23.7 Å². The number of aliphatic carboxylic acids is 1. The molecule has 1 aliphatic rings. The molecular formula is C16H20ClNO4. The first-order valence-electron chi connectivity index (χ1n) is 7.30. The normalized spacial score (nSPS) is 17.9. The van der Waals surface area contributed by atoms with Crippen LogP contribution >= 0.6 is 11.6 Å². The number of esters is 1. The zero-order valence-electron chi connectivity index (χ0n) is 12.5. The molecule has 1 aromatic carbocycles. The van der Waals surface area contributed by atoms with Gasteiger partial charge >= 0.3 is 11.9 Å². The molecule has 1 saturated heterocycles. The first-order valence-corrected chi connectivity index (χ1v) is 7.68. The topological polar surface area (TPSA) is 66.8 Å². The van der Waals surface area contributed by atoms with Crippen LogP contribution in [0.2, 0.25) is 5.02 Å². The minimum atomic E-state index is -0.991. The average molecular weight is 326 g/mol. The van der Waals surface area contributed by atoms with Crippen molar-refractivity contribution in [3.63, 3.8) is 0 Å². The van der Waals surface area contributed by atoms with E-state index in [1.165, 1.54) is 12.7 Å². The monoisotopic (exact) mass is 325 g/mol. The van der Waals surface area contributed by atoms with Crippen molar-refractivity contribution in [2.75, 3.05) is 20.2 Å². The largest absolute Gasteiger partial charge is 0.481 e.